The lowest BCUT2D eigenvalue weighted by atomic mass is 9.83. The van der Waals surface area contributed by atoms with Crippen LogP contribution < -0.4 is 0 Å². The van der Waals surface area contributed by atoms with E-state index in [1.165, 1.54) is 0 Å². The number of furan rings is 1. The van der Waals surface area contributed by atoms with Crippen LogP contribution in [0.5, 0.6) is 0 Å². The highest BCUT2D eigenvalue weighted by Crippen LogP contribution is 2.47. The molecule has 1 aromatic heterocycles. The van der Waals surface area contributed by atoms with Crippen LogP contribution in [0.25, 0.3) is 87.6 Å². The van der Waals surface area contributed by atoms with E-state index in [0.717, 1.165) is 27.3 Å². The van der Waals surface area contributed by atoms with Crippen LogP contribution in [0, 0.1) is 0 Å². The highest BCUT2D eigenvalue weighted by Gasteiger charge is 2.19. The Labute approximate surface area is 266 Å². The van der Waals surface area contributed by atoms with Crippen molar-refractivity contribution in [3.63, 3.8) is 0 Å². The van der Waals surface area contributed by atoms with Gasteiger partial charge in [0.25, 0.3) is 0 Å². The van der Waals surface area contributed by atoms with Gasteiger partial charge in [0.1, 0.15) is 11.2 Å². The first-order valence-corrected chi connectivity index (χ1v) is 13.8. The average molecular weight is 559 g/mol. The second-order valence-corrected chi connectivity index (χ2v) is 10.3. The van der Waals surface area contributed by atoms with Crippen molar-refractivity contribution in [1.29, 1.82) is 0 Å². The summed E-state index contributed by atoms with van der Waals surface area (Å²) in [5.74, 6) is 0. The quantitative estimate of drug-likeness (QED) is 0.197. The van der Waals surface area contributed by atoms with Crippen molar-refractivity contribution in [3.8, 4) is 33.4 Å². The summed E-state index contributed by atoms with van der Waals surface area (Å²) >= 11 is 0. The number of rotatable bonds is 3. The molecule has 0 amide bonds. The normalized spacial score (nSPS) is 15.6. The summed E-state index contributed by atoms with van der Waals surface area (Å²) < 4.78 is 110. The van der Waals surface area contributed by atoms with Gasteiger partial charge in [0, 0.05) is 10.8 Å². The second kappa shape index (κ2) is 9.44. The molecule has 0 unspecified atom stereocenters. The largest absolute Gasteiger partial charge is 0.456 e. The van der Waals surface area contributed by atoms with Gasteiger partial charge >= 0.3 is 0 Å². The van der Waals surface area contributed by atoms with Crippen LogP contribution in [-0.2, 0) is 0 Å². The molecule has 0 radical (unpaired) electrons. The summed E-state index contributed by atoms with van der Waals surface area (Å²) in [6.45, 7) is 0. The molecule has 0 saturated carbocycles. The molecule has 0 fully saturated rings. The minimum atomic E-state index is -0.498. The molecule has 1 nitrogen and oxygen atoms in total. The van der Waals surface area contributed by atoms with E-state index in [0.29, 0.717) is 27.3 Å². The first-order chi connectivity index (χ1) is 26.3. The predicted octanol–water partition coefficient (Wildman–Crippen LogP) is 12.0. The Balaban J connectivity index is 1.39. The second-order valence-electron chi connectivity index (χ2n) is 10.3. The van der Waals surface area contributed by atoms with Gasteiger partial charge in [-0.3, -0.25) is 0 Å². The topological polar surface area (TPSA) is 13.1 Å². The van der Waals surface area contributed by atoms with Gasteiger partial charge in [-0.15, -0.1) is 0 Å². The third-order valence-electron chi connectivity index (χ3n) is 8.03. The van der Waals surface area contributed by atoms with Gasteiger partial charge in [-0.1, -0.05) is 139 Å². The molecule has 200 valence electrons. The fraction of sp³-hybridized carbons (Fsp3) is 0. The van der Waals surface area contributed by atoms with Crippen molar-refractivity contribution in [2.45, 2.75) is 0 Å². The molecule has 1 heteroatoms. The Kier molecular flexibility index (Phi) is 3.29. The van der Waals surface area contributed by atoms with Crippen LogP contribution in [0.15, 0.2) is 162 Å². The number of fused-ring (bicyclic) bond motifs is 6. The molecule has 0 bridgehead atoms. The molecule has 9 rings (SSSR count). The van der Waals surface area contributed by atoms with Crippen LogP contribution >= 0.6 is 0 Å². The van der Waals surface area contributed by atoms with Crippen LogP contribution in [0.3, 0.4) is 0 Å². The average Bonchev–Trinajstić information content (AvgIpc) is 3.61. The Bertz CT molecular complexity index is 3100. The first-order valence-electron chi connectivity index (χ1n) is 19.8. The Morgan fingerprint density at radius 3 is 1.60 bits per heavy atom. The van der Waals surface area contributed by atoms with Crippen LogP contribution in [0.4, 0.5) is 0 Å². The zero-order valence-electron chi connectivity index (χ0n) is 34.5. The van der Waals surface area contributed by atoms with Crippen LogP contribution in [0.1, 0.15) is 16.4 Å². The van der Waals surface area contributed by atoms with Crippen molar-refractivity contribution < 1.29 is 20.9 Å². The van der Waals surface area contributed by atoms with E-state index >= 15 is 0 Å². The number of benzene rings is 8. The minimum Gasteiger partial charge on any atom is -0.456 e. The van der Waals surface area contributed by atoms with Gasteiger partial charge < -0.3 is 4.42 Å². The maximum absolute atomic E-state index is 9.47. The van der Waals surface area contributed by atoms with Crippen molar-refractivity contribution in [2.24, 2.45) is 0 Å². The van der Waals surface area contributed by atoms with Crippen molar-refractivity contribution in [3.05, 3.63) is 157 Å². The summed E-state index contributed by atoms with van der Waals surface area (Å²) in [6.07, 6.45) is 0. The molecular formula is C42H26O. The van der Waals surface area contributed by atoms with Gasteiger partial charge in [-0.05, 0) is 83.8 Å². The summed E-state index contributed by atoms with van der Waals surface area (Å²) in [5, 5.41) is 4.29. The summed E-state index contributed by atoms with van der Waals surface area (Å²) in [4.78, 5) is 0. The first kappa shape index (κ1) is 15.0. The molecule has 9 aromatic rings. The molecule has 1 heterocycles. The summed E-state index contributed by atoms with van der Waals surface area (Å²) in [6, 6.07) is 21.8. The standard InChI is InChI=1S/C42H26O/c1-2-12-27(13-3-1)29-24-25-38(31-15-5-4-14-30(29)31)42-36-19-8-6-17-34(36)41(35-18-7-9-20-37(35)42)28-22-23-33-32-16-10-11-21-39(32)43-40(33)26-28/h1-26H/i1D,2D,3D,10D,11D,12D,13D,16D,21D,22D,23D,26D. The molecule has 0 aliphatic heterocycles. The Morgan fingerprint density at radius 1 is 0.372 bits per heavy atom. The van der Waals surface area contributed by atoms with Gasteiger partial charge in [0.15, 0.2) is 0 Å². The maximum Gasteiger partial charge on any atom is 0.136 e. The van der Waals surface area contributed by atoms with Gasteiger partial charge in [0.05, 0.1) is 16.4 Å². The van der Waals surface area contributed by atoms with E-state index in [1.807, 2.05) is 78.9 Å². The third kappa shape index (κ3) is 3.65. The highest BCUT2D eigenvalue weighted by molar-refractivity contribution is 6.24. The molecule has 0 N–H and O–H groups in total. The zero-order valence-corrected chi connectivity index (χ0v) is 22.5. The van der Waals surface area contributed by atoms with E-state index in [2.05, 4.69) is 0 Å². The van der Waals surface area contributed by atoms with E-state index in [-0.39, 0.29) is 63.3 Å². The van der Waals surface area contributed by atoms with E-state index in [4.69, 9.17) is 18.1 Å². The lowest BCUT2D eigenvalue weighted by Gasteiger charge is -2.19. The van der Waals surface area contributed by atoms with Crippen LogP contribution in [-0.4, -0.2) is 0 Å². The van der Waals surface area contributed by atoms with Crippen LogP contribution in [0.2, 0.25) is 0 Å². The third-order valence-corrected chi connectivity index (χ3v) is 8.03. The molecule has 0 aliphatic rings. The molecule has 0 atom stereocenters. The fourth-order valence-electron chi connectivity index (χ4n) is 6.23. The predicted molar refractivity (Wildman–Crippen MR) is 183 cm³/mol. The van der Waals surface area contributed by atoms with E-state index < -0.39 is 42.3 Å². The maximum atomic E-state index is 9.47. The molecular weight excluding hydrogens is 520 g/mol. The van der Waals surface area contributed by atoms with E-state index in [1.54, 1.807) is 6.07 Å². The Hall–Kier alpha value is -5.66. The summed E-state index contributed by atoms with van der Waals surface area (Å²) in [5.41, 5.74) is 2.57. The monoisotopic (exact) mass is 558 g/mol. The SMILES string of the molecule is [2H]c1c([2H])c([2H])c(-c2ccc(-c3c4ccccc4c(-c4c([2H])c([2H])c5c(oc6c([2H])c([2H])c([2H])c([2H])c65)c4[2H])c4ccccc34)c3ccccc23)c([2H])c1[2H]. The fourth-order valence-corrected chi connectivity index (χ4v) is 6.23. The Morgan fingerprint density at radius 2 is 0.907 bits per heavy atom. The van der Waals surface area contributed by atoms with Crippen molar-refractivity contribution in [1.82, 2.24) is 0 Å². The lowest BCUT2D eigenvalue weighted by molar-refractivity contribution is 0.669. The number of para-hydroxylation sites is 1. The smallest absolute Gasteiger partial charge is 0.136 e. The molecule has 8 aromatic carbocycles. The van der Waals surface area contributed by atoms with Gasteiger partial charge in [-0.25, -0.2) is 0 Å². The van der Waals surface area contributed by atoms with Gasteiger partial charge in [-0.2, -0.15) is 0 Å². The van der Waals surface area contributed by atoms with Gasteiger partial charge in [0.2, 0.25) is 0 Å². The number of hydrogen-bond donors (Lipinski definition) is 0. The molecule has 0 spiro atoms. The zero-order chi connectivity index (χ0) is 38.8. The van der Waals surface area contributed by atoms with E-state index in [9.17, 15) is 2.74 Å². The van der Waals surface area contributed by atoms with Crippen molar-refractivity contribution >= 4 is 54.3 Å². The molecule has 43 heavy (non-hydrogen) atoms. The minimum absolute atomic E-state index is 0.0170. The molecule has 0 saturated heterocycles. The molecule has 0 aliphatic carbocycles. The summed E-state index contributed by atoms with van der Waals surface area (Å²) in [7, 11) is 0. The lowest BCUT2D eigenvalue weighted by Crippen LogP contribution is -1.92. The highest BCUT2D eigenvalue weighted by atomic mass is 16.3. The number of hydrogen-bond acceptors (Lipinski definition) is 1. The van der Waals surface area contributed by atoms with Crippen molar-refractivity contribution in [2.75, 3.05) is 0 Å².